The number of rotatable bonds is 4. The van der Waals surface area contributed by atoms with E-state index in [-0.39, 0.29) is 12.3 Å². The fourth-order valence-corrected chi connectivity index (χ4v) is 2.05. The number of anilines is 1. The molecule has 0 bridgehead atoms. The van der Waals surface area contributed by atoms with Crippen LogP contribution in [0.1, 0.15) is 24.8 Å². The topological polar surface area (TPSA) is 57.6 Å². The van der Waals surface area contributed by atoms with Crippen LogP contribution in [-0.4, -0.2) is 23.5 Å². The van der Waals surface area contributed by atoms with Crippen LogP contribution in [-0.2, 0) is 16.0 Å². The number of hydrogen-bond donors (Lipinski definition) is 1. The molecule has 2 rings (SSSR count). The molecule has 1 aliphatic heterocycles. The van der Waals surface area contributed by atoms with E-state index in [4.69, 9.17) is 5.11 Å². The van der Waals surface area contributed by atoms with Gasteiger partial charge < -0.3 is 10.0 Å². The van der Waals surface area contributed by atoms with E-state index in [0.717, 1.165) is 24.2 Å². The van der Waals surface area contributed by atoms with Crippen molar-refractivity contribution in [2.24, 2.45) is 0 Å². The summed E-state index contributed by atoms with van der Waals surface area (Å²) >= 11 is 0. The monoisotopic (exact) mass is 233 g/mol. The molecule has 1 amide bonds. The Kier molecular flexibility index (Phi) is 3.42. The molecule has 1 N–H and O–H groups in total. The average molecular weight is 233 g/mol. The number of carbonyl (C=O) groups is 2. The van der Waals surface area contributed by atoms with E-state index < -0.39 is 5.97 Å². The molecule has 0 unspecified atom stereocenters. The first kappa shape index (κ1) is 11.6. The summed E-state index contributed by atoms with van der Waals surface area (Å²) in [5, 5.41) is 8.63. The summed E-state index contributed by atoms with van der Waals surface area (Å²) in [6, 6.07) is 7.57. The number of benzene rings is 1. The summed E-state index contributed by atoms with van der Waals surface area (Å²) in [6.45, 7) is 0.765. The van der Waals surface area contributed by atoms with E-state index in [0.29, 0.717) is 12.8 Å². The predicted molar refractivity (Wildman–Crippen MR) is 64.0 cm³/mol. The van der Waals surface area contributed by atoms with Gasteiger partial charge >= 0.3 is 5.97 Å². The lowest BCUT2D eigenvalue weighted by Gasteiger charge is -2.16. The Bertz CT molecular complexity index is 442. The molecule has 0 radical (unpaired) electrons. The highest BCUT2D eigenvalue weighted by Gasteiger charge is 2.21. The molecule has 17 heavy (non-hydrogen) atoms. The largest absolute Gasteiger partial charge is 0.481 e. The van der Waals surface area contributed by atoms with Gasteiger partial charge in [0.1, 0.15) is 0 Å². The summed E-state index contributed by atoms with van der Waals surface area (Å²) in [7, 11) is 0. The van der Waals surface area contributed by atoms with Crippen LogP contribution >= 0.6 is 0 Å². The van der Waals surface area contributed by atoms with Crippen LogP contribution < -0.4 is 4.90 Å². The predicted octanol–water partition coefficient (Wildman–Crippen LogP) is 1.83. The van der Waals surface area contributed by atoms with Crippen molar-refractivity contribution in [3.05, 3.63) is 29.8 Å². The fourth-order valence-electron chi connectivity index (χ4n) is 2.05. The van der Waals surface area contributed by atoms with Crippen molar-refractivity contribution in [1.29, 1.82) is 0 Å². The van der Waals surface area contributed by atoms with Crippen LogP contribution in [0.25, 0.3) is 0 Å². The molecule has 90 valence electrons. The van der Waals surface area contributed by atoms with Crippen molar-refractivity contribution in [1.82, 2.24) is 0 Å². The third-order valence-corrected chi connectivity index (χ3v) is 2.92. The second-order valence-corrected chi connectivity index (χ2v) is 4.21. The lowest BCUT2D eigenvalue weighted by atomic mass is 10.1. The fraction of sp³-hybridized carbons (Fsp3) is 0.385. The quantitative estimate of drug-likeness (QED) is 0.863. The molecule has 1 heterocycles. The number of carbonyl (C=O) groups excluding carboxylic acids is 1. The molecule has 0 spiro atoms. The zero-order valence-corrected chi connectivity index (χ0v) is 9.56. The minimum Gasteiger partial charge on any atom is -0.481 e. The molecular formula is C13H15NO3. The van der Waals surface area contributed by atoms with Crippen molar-refractivity contribution in [3.63, 3.8) is 0 Å². The summed E-state index contributed by atoms with van der Waals surface area (Å²) in [6.07, 6.45) is 2.14. The average Bonchev–Trinajstić information content (AvgIpc) is 2.73. The van der Waals surface area contributed by atoms with E-state index in [1.54, 1.807) is 4.90 Å². The van der Waals surface area contributed by atoms with E-state index >= 15 is 0 Å². The second kappa shape index (κ2) is 4.99. The minimum atomic E-state index is -0.798. The summed E-state index contributed by atoms with van der Waals surface area (Å²) < 4.78 is 0. The van der Waals surface area contributed by atoms with Gasteiger partial charge in [0, 0.05) is 25.1 Å². The number of nitrogens with zero attached hydrogens (tertiary/aromatic N) is 1. The van der Waals surface area contributed by atoms with Crippen molar-refractivity contribution in [3.8, 4) is 0 Å². The zero-order chi connectivity index (χ0) is 12.3. The van der Waals surface area contributed by atoms with E-state index in [9.17, 15) is 9.59 Å². The molecule has 1 aromatic rings. The Morgan fingerprint density at radius 3 is 2.88 bits per heavy atom. The first-order valence-corrected chi connectivity index (χ1v) is 5.78. The molecule has 0 saturated carbocycles. The maximum absolute atomic E-state index is 11.6. The van der Waals surface area contributed by atoms with Gasteiger partial charge in [0.25, 0.3) is 0 Å². The Balaban J connectivity index is 2.10. The molecule has 1 aliphatic rings. The van der Waals surface area contributed by atoms with Crippen LogP contribution in [0.5, 0.6) is 0 Å². The zero-order valence-electron chi connectivity index (χ0n) is 9.56. The molecule has 0 aliphatic carbocycles. The van der Waals surface area contributed by atoms with E-state index in [2.05, 4.69) is 0 Å². The van der Waals surface area contributed by atoms with Crippen LogP contribution in [0, 0.1) is 0 Å². The number of aliphatic carboxylic acids is 1. The highest BCUT2D eigenvalue weighted by Crippen LogP contribution is 2.22. The Morgan fingerprint density at radius 2 is 2.24 bits per heavy atom. The summed E-state index contributed by atoms with van der Waals surface area (Å²) in [5.41, 5.74) is 1.85. The standard InChI is InChI=1S/C13H15NO3/c15-12-5-2-8-14(12)11-4-1-3-10(9-11)6-7-13(16)17/h1,3-4,9H,2,5-8H2,(H,16,17). The van der Waals surface area contributed by atoms with Crippen LogP contribution in [0.2, 0.25) is 0 Å². The SMILES string of the molecule is O=C(O)CCc1cccc(N2CCCC2=O)c1. The number of hydrogen-bond acceptors (Lipinski definition) is 2. The Labute approximate surface area is 99.9 Å². The third kappa shape index (κ3) is 2.84. The Hall–Kier alpha value is -1.84. The van der Waals surface area contributed by atoms with Gasteiger partial charge in [-0.25, -0.2) is 0 Å². The van der Waals surface area contributed by atoms with Crippen molar-refractivity contribution < 1.29 is 14.7 Å². The normalized spacial score (nSPS) is 15.3. The third-order valence-electron chi connectivity index (χ3n) is 2.92. The molecule has 0 atom stereocenters. The maximum Gasteiger partial charge on any atom is 0.303 e. The minimum absolute atomic E-state index is 0.122. The number of carboxylic acid groups (broad SMARTS) is 1. The summed E-state index contributed by atoms with van der Waals surface area (Å²) in [5.74, 6) is -0.645. The van der Waals surface area contributed by atoms with Crippen molar-refractivity contribution in [2.45, 2.75) is 25.7 Å². The summed E-state index contributed by atoms with van der Waals surface area (Å²) in [4.78, 5) is 23.9. The Morgan fingerprint density at radius 1 is 1.41 bits per heavy atom. The van der Waals surface area contributed by atoms with Gasteiger partial charge in [-0.1, -0.05) is 12.1 Å². The lowest BCUT2D eigenvalue weighted by molar-refractivity contribution is -0.137. The molecular weight excluding hydrogens is 218 g/mol. The van der Waals surface area contributed by atoms with E-state index in [1.807, 2.05) is 24.3 Å². The maximum atomic E-state index is 11.6. The number of aryl methyl sites for hydroxylation is 1. The van der Waals surface area contributed by atoms with Gasteiger partial charge in [-0.15, -0.1) is 0 Å². The van der Waals surface area contributed by atoms with Crippen LogP contribution in [0.3, 0.4) is 0 Å². The first-order chi connectivity index (χ1) is 8.16. The molecule has 1 fully saturated rings. The molecule has 4 heteroatoms. The molecule has 1 saturated heterocycles. The van der Waals surface area contributed by atoms with Gasteiger partial charge in [-0.2, -0.15) is 0 Å². The van der Waals surface area contributed by atoms with Gasteiger partial charge in [0.05, 0.1) is 0 Å². The highest BCUT2D eigenvalue weighted by atomic mass is 16.4. The molecule has 4 nitrogen and oxygen atoms in total. The number of amides is 1. The van der Waals surface area contributed by atoms with E-state index in [1.165, 1.54) is 0 Å². The van der Waals surface area contributed by atoms with Crippen molar-refractivity contribution in [2.75, 3.05) is 11.4 Å². The van der Waals surface area contributed by atoms with Crippen LogP contribution in [0.4, 0.5) is 5.69 Å². The molecule has 0 aromatic heterocycles. The van der Waals surface area contributed by atoms with Crippen molar-refractivity contribution >= 4 is 17.6 Å². The van der Waals surface area contributed by atoms with Gasteiger partial charge in [-0.3, -0.25) is 9.59 Å². The van der Waals surface area contributed by atoms with Crippen LogP contribution in [0.15, 0.2) is 24.3 Å². The van der Waals surface area contributed by atoms with Gasteiger partial charge in [0.2, 0.25) is 5.91 Å². The second-order valence-electron chi connectivity index (χ2n) is 4.21. The lowest BCUT2D eigenvalue weighted by Crippen LogP contribution is -2.23. The molecule has 1 aromatic carbocycles. The smallest absolute Gasteiger partial charge is 0.303 e. The van der Waals surface area contributed by atoms with Gasteiger partial charge in [0.15, 0.2) is 0 Å². The number of carboxylic acids is 1. The van der Waals surface area contributed by atoms with Gasteiger partial charge in [-0.05, 0) is 30.5 Å². The highest BCUT2D eigenvalue weighted by molar-refractivity contribution is 5.95. The first-order valence-electron chi connectivity index (χ1n) is 5.78.